The van der Waals surface area contributed by atoms with Crippen LogP contribution in [0.25, 0.3) is 6.08 Å². The lowest BCUT2D eigenvalue weighted by Crippen LogP contribution is -2.44. The Labute approximate surface area is 159 Å². The fraction of sp³-hybridized carbons (Fsp3) is 0.579. The van der Waals surface area contributed by atoms with Gasteiger partial charge in [0.1, 0.15) is 11.9 Å². The minimum absolute atomic E-state index is 0.0269. The summed E-state index contributed by atoms with van der Waals surface area (Å²) in [6.45, 7) is 4.69. The fourth-order valence-corrected chi connectivity index (χ4v) is 3.14. The van der Waals surface area contributed by atoms with Crippen molar-refractivity contribution in [1.29, 1.82) is 0 Å². The van der Waals surface area contributed by atoms with Crippen molar-refractivity contribution in [1.82, 2.24) is 20.8 Å². The van der Waals surface area contributed by atoms with E-state index in [0.717, 1.165) is 12.6 Å². The second-order valence-electron chi connectivity index (χ2n) is 7.25. The summed E-state index contributed by atoms with van der Waals surface area (Å²) >= 11 is 0. The maximum Gasteiger partial charge on any atom is 0.267 e. The zero-order valence-electron chi connectivity index (χ0n) is 15.9. The molecule has 2 rings (SSSR count). The summed E-state index contributed by atoms with van der Waals surface area (Å²) in [6.07, 6.45) is 11.8. The maximum atomic E-state index is 12.6. The van der Waals surface area contributed by atoms with Gasteiger partial charge in [0.25, 0.3) is 5.91 Å². The number of aromatic nitrogens is 2. The number of carbonyl (C=O) groups excluding carboxylic acids is 2. The van der Waals surface area contributed by atoms with Crippen molar-refractivity contribution in [2.24, 2.45) is 11.8 Å². The molecule has 148 valence electrons. The molecule has 1 aliphatic rings. The molecule has 1 aliphatic carbocycles. The maximum absolute atomic E-state index is 12.6. The molecule has 1 saturated carbocycles. The minimum Gasteiger partial charge on any atom is -0.357 e. The second-order valence-corrected chi connectivity index (χ2v) is 7.25. The molecule has 0 radical (unpaired) electrons. The topological polar surface area (TPSA) is 116 Å². The SMILES string of the molecule is CC(C)[C@@H](Nc1cnc(/C=C/C(=O)NO)cn1)C(=O)NCC1CCCCC1. The number of anilines is 1. The van der Waals surface area contributed by atoms with E-state index >= 15 is 0 Å². The first-order valence-corrected chi connectivity index (χ1v) is 9.48. The van der Waals surface area contributed by atoms with Crippen molar-refractivity contribution < 1.29 is 14.8 Å². The zero-order valence-corrected chi connectivity index (χ0v) is 15.9. The number of nitrogens with zero attached hydrogens (tertiary/aromatic N) is 2. The van der Waals surface area contributed by atoms with Crippen LogP contribution in [-0.4, -0.2) is 39.6 Å². The molecule has 0 aromatic carbocycles. The van der Waals surface area contributed by atoms with Gasteiger partial charge >= 0.3 is 0 Å². The molecule has 1 heterocycles. The molecular formula is C19H29N5O3. The van der Waals surface area contributed by atoms with Gasteiger partial charge in [0.2, 0.25) is 5.91 Å². The predicted octanol–water partition coefficient (Wildman–Crippen LogP) is 2.13. The molecule has 8 nitrogen and oxygen atoms in total. The van der Waals surface area contributed by atoms with Gasteiger partial charge in [-0.05, 0) is 30.8 Å². The van der Waals surface area contributed by atoms with E-state index in [1.54, 1.807) is 0 Å². The Morgan fingerprint density at radius 1 is 1.22 bits per heavy atom. The predicted molar refractivity (Wildman–Crippen MR) is 103 cm³/mol. The van der Waals surface area contributed by atoms with Gasteiger partial charge in [-0.1, -0.05) is 33.1 Å². The lowest BCUT2D eigenvalue weighted by atomic mass is 9.89. The first-order chi connectivity index (χ1) is 13.0. The number of nitrogens with one attached hydrogen (secondary N) is 3. The van der Waals surface area contributed by atoms with Crippen LogP contribution in [0.2, 0.25) is 0 Å². The Balaban J connectivity index is 1.91. The van der Waals surface area contributed by atoms with Gasteiger partial charge in [0.05, 0.1) is 18.1 Å². The van der Waals surface area contributed by atoms with E-state index in [1.807, 2.05) is 13.8 Å². The van der Waals surface area contributed by atoms with Crippen molar-refractivity contribution in [3.05, 3.63) is 24.2 Å². The average Bonchev–Trinajstić information content (AvgIpc) is 2.69. The van der Waals surface area contributed by atoms with Crippen LogP contribution in [0.5, 0.6) is 0 Å². The Bertz CT molecular complexity index is 639. The molecule has 1 aromatic rings. The van der Waals surface area contributed by atoms with Crippen LogP contribution < -0.4 is 16.1 Å². The normalized spacial score (nSPS) is 16.3. The molecule has 0 bridgehead atoms. The minimum atomic E-state index is -0.645. The quantitative estimate of drug-likeness (QED) is 0.314. The van der Waals surface area contributed by atoms with Crippen LogP contribution in [-0.2, 0) is 9.59 Å². The lowest BCUT2D eigenvalue weighted by Gasteiger charge is -2.25. The summed E-state index contributed by atoms with van der Waals surface area (Å²) < 4.78 is 0. The van der Waals surface area contributed by atoms with Crippen LogP contribution in [0.4, 0.5) is 5.82 Å². The summed E-state index contributed by atoms with van der Waals surface area (Å²) in [7, 11) is 0. The molecule has 1 fully saturated rings. The molecule has 1 atom stereocenters. The van der Waals surface area contributed by atoms with Crippen LogP contribution in [0.15, 0.2) is 18.5 Å². The molecule has 0 unspecified atom stereocenters. The third-order valence-corrected chi connectivity index (χ3v) is 4.73. The fourth-order valence-electron chi connectivity index (χ4n) is 3.14. The second kappa shape index (κ2) is 10.6. The number of hydroxylamine groups is 1. The highest BCUT2D eigenvalue weighted by atomic mass is 16.5. The zero-order chi connectivity index (χ0) is 19.6. The van der Waals surface area contributed by atoms with Crippen molar-refractivity contribution in [2.75, 3.05) is 11.9 Å². The Hall–Kier alpha value is -2.48. The lowest BCUT2D eigenvalue weighted by molar-refractivity contribution is -0.124. The summed E-state index contributed by atoms with van der Waals surface area (Å²) in [6, 6.07) is -0.399. The van der Waals surface area contributed by atoms with Crippen molar-refractivity contribution in [2.45, 2.75) is 52.0 Å². The molecule has 4 N–H and O–H groups in total. The number of amides is 2. The third kappa shape index (κ3) is 6.97. The smallest absolute Gasteiger partial charge is 0.267 e. The van der Waals surface area contributed by atoms with Crippen LogP contribution in [0, 0.1) is 11.8 Å². The third-order valence-electron chi connectivity index (χ3n) is 4.73. The Morgan fingerprint density at radius 3 is 2.56 bits per heavy atom. The summed E-state index contributed by atoms with van der Waals surface area (Å²) in [5.41, 5.74) is 1.97. The van der Waals surface area contributed by atoms with Gasteiger partial charge in [-0.15, -0.1) is 0 Å². The molecule has 8 heteroatoms. The standard InChI is InChI=1S/C19H29N5O3/c1-13(2)18(19(26)22-10-14-6-4-3-5-7-14)23-16-12-20-15(11-21-16)8-9-17(25)24-27/h8-9,11-14,18,27H,3-7,10H2,1-2H3,(H,21,23)(H,22,26)(H,24,25)/b9-8+/t18-/m1/s1. The first-order valence-electron chi connectivity index (χ1n) is 9.48. The van der Waals surface area contributed by atoms with Gasteiger partial charge in [-0.2, -0.15) is 0 Å². The number of hydrogen-bond donors (Lipinski definition) is 4. The summed E-state index contributed by atoms with van der Waals surface area (Å²) in [5.74, 6) is 0.489. The largest absolute Gasteiger partial charge is 0.357 e. The highest BCUT2D eigenvalue weighted by Gasteiger charge is 2.23. The van der Waals surface area contributed by atoms with Crippen LogP contribution >= 0.6 is 0 Å². The van der Waals surface area contributed by atoms with E-state index < -0.39 is 11.9 Å². The molecule has 0 spiro atoms. The Kier molecular flexibility index (Phi) is 8.19. The number of hydrogen-bond acceptors (Lipinski definition) is 6. The molecule has 2 amide bonds. The van der Waals surface area contributed by atoms with Crippen molar-refractivity contribution in [3.63, 3.8) is 0 Å². The molecule has 1 aromatic heterocycles. The van der Waals surface area contributed by atoms with Gasteiger partial charge in [-0.3, -0.25) is 19.8 Å². The Morgan fingerprint density at radius 2 is 1.96 bits per heavy atom. The average molecular weight is 375 g/mol. The van der Waals surface area contributed by atoms with Gasteiger partial charge in [0.15, 0.2) is 0 Å². The van der Waals surface area contributed by atoms with Gasteiger partial charge in [0, 0.05) is 12.6 Å². The summed E-state index contributed by atoms with van der Waals surface area (Å²) in [4.78, 5) is 32.0. The van der Waals surface area contributed by atoms with E-state index in [2.05, 4.69) is 20.6 Å². The van der Waals surface area contributed by atoms with Crippen molar-refractivity contribution in [3.8, 4) is 0 Å². The molecule has 27 heavy (non-hydrogen) atoms. The van der Waals surface area contributed by atoms with E-state index in [0.29, 0.717) is 17.4 Å². The van der Waals surface area contributed by atoms with E-state index in [9.17, 15) is 9.59 Å². The van der Waals surface area contributed by atoms with Crippen LogP contribution in [0.3, 0.4) is 0 Å². The highest BCUT2D eigenvalue weighted by molar-refractivity contribution is 5.90. The summed E-state index contributed by atoms with van der Waals surface area (Å²) in [5, 5.41) is 14.7. The van der Waals surface area contributed by atoms with E-state index in [1.165, 1.54) is 56.1 Å². The molecule has 0 aliphatic heterocycles. The number of rotatable bonds is 8. The van der Waals surface area contributed by atoms with Gasteiger partial charge < -0.3 is 10.6 Å². The van der Waals surface area contributed by atoms with Gasteiger partial charge in [-0.25, -0.2) is 10.5 Å². The monoisotopic (exact) mass is 375 g/mol. The molecular weight excluding hydrogens is 346 g/mol. The van der Waals surface area contributed by atoms with Crippen LogP contribution in [0.1, 0.15) is 51.6 Å². The van der Waals surface area contributed by atoms with E-state index in [-0.39, 0.29) is 11.8 Å². The number of carbonyl (C=O) groups is 2. The highest BCUT2D eigenvalue weighted by Crippen LogP contribution is 2.23. The first kappa shape index (κ1) is 20.8. The van der Waals surface area contributed by atoms with E-state index in [4.69, 9.17) is 5.21 Å². The van der Waals surface area contributed by atoms with Crippen molar-refractivity contribution >= 4 is 23.7 Å². The molecule has 0 saturated heterocycles.